The average molecular weight is 500 g/mol. The van der Waals surface area contributed by atoms with E-state index in [0.717, 1.165) is 16.3 Å². The first-order valence-corrected chi connectivity index (χ1v) is 11.9. The fourth-order valence-corrected chi connectivity index (χ4v) is 4.75. The number of hydrogen-bond donors (Lipinski definition) is 2. The van der Waals surface area contributed by atoms with E-state index in [1.165, 1.54) is 0 Å². The summed E-state index contributed by atoms with van der Waals surface area (Å²) < 4.78 is 5.66. The zero-order valence-electron chi connectivity index (χ0n) is 20.3. The molecular weight excluding hydrogens is 474 g/mol. The third-order valence-electron chi connectivity index (χ3n) is 6.98. The van der Waals surface area contributed by atoms with Crippen LogP contribution in [0.2, 0.25) is 0 Å². The SMILES string of the molecule is CC(C)C1(COC(=O)[C@@H]2C(c3ccc4ccccc4c3)=NO[C@H]2c2ccccc2)C(=O)NC(=O)NC1=O. The standard InChI is InChI=1S/C28H25N3O6/c1-16(2)28(25(33)29-27(35)30-26(28)34)15-36-24(32)21-22(31-37-23(21)18-9-4-3-5-10-18)20-13-12-17-8-6-7-11-19(17)14-20/h3-14,16,21,23H,15H2,1-2H3,(H2,29,30,33,34,35)/t21-,23+/m1/s1. The maximum absolute atomic E-state index is 13.6. The lowest BCUT2D eigenvalue weighted by atomic mass is 9.75. The van der Waals surface area contributed by atoms with E-state index in [1.807, 2.05) is 72.8 Å². The van der Waals surface area contributed by atoms with Gasteiger partial charge in [0, 0.05) is 5.56 Å². The second-order valence-electron chi connectivity index (χ2n) is 9.42. The highest BCUT2D eigenvalue weighted by Crippen LogP contribution is 2.38. The third kappa shape index (κ3) is 4.22. The Morgan fingerprint density at radius 1 is 0.946 bits per heavy atom. The van der Waals surface area contributed by atoms with Crippen molar-refractivity contribution in [2.75, 3.05) is 6.61 Å². The largest absolute Gasteiger partial charge is 0.463 e. The maximum atomic E-state index is 13.6. The van der Waals surface area contributed by atoms with E-state index in [0.29, 0.717) is 11.3 Å². The molecule has 0 aliphatic carbocycles. The van der Waals surface area contributed by atoms with Crippen LogP contribution in [0.4, 0.5) is 4.79 Å². The first-order chi connectivity index (χ1) is 17.8. The van der Waals surface area contributed by atoms with Crippen LogP contribution in [0.25, 0.3) is 10.8 Å². The first kappa shape index (κ1) is 24.2. The molecule has 0 bridgehead atoms. The number of oxime groups is 1. The summed E-state index contributed by atoms with van der Waals surface area (Å²) in [4.78, 5) is 56.6. The van der Waals surface area contributed by atoms with Crippen molar-refractivity contribution in [2.45, 2.75) is 20.0 Å². The van der Waals surface area contributed by atoms with E-state index in [2.05, 4.69) is 15.8 Å². The molecule has 9 heteroatoms. The monoisotopic (exact) mass is 499 g/mol. The van der Waals surface area contributed by atoms with Crippen LogP contribution in [-0.2, 0) is 24.0 Å². The van der Waals surface area contributed by atoms with Crippen LogP contribution in [0.1, 0.15) is 31.1 Å². The Morgan fingerprint density at radius 2 is 1.59 bits per heavy atom. The van der Waals surface area contributed by atoms with Gasteiger partial charge in [-0.25, -0.2) is 4.79 Å². The smallest absolute Gasteiger partial charge is 0.328 e. The lowest BCUT2D eigenvalue weighted by molar-refractivity contribution is -0.162. The average Bonchev–Trinajstić information content (AvgIpc) is 3.33. The number of hydrogen-bond acceptors (Lipinski definition) is 7. The molecule has 3 aromatic rings. The number of amides is 4. The van der Waals surface area contributed by atoms with Gasteiger partial charge in [-0.3, -0.25) is 25.0 Å². The Morgan fingerprint density at radius 3 is 2.27 bits per heavy atom. The van der Waals surface area contributed by atoms with Gasteiger partial charge in [0.1, 0.15) is 18.2 Å². The number of fused-ring (bicyclic) bond motifs is 1. The molecule has 5 rings (SSSR count). The summed E-state index contributed by atoms with van der Waals surface area (Å²) in [7, 11) is 0. The Balaban J connectivity index is 1.48. The summed E-state index contributed by atoms with van der Waals surface area (Å²) in [6, 6.07) is 21.8. The zero-order chi connectivity index (χ0) is 26.2. The van der Waals surface area contributed by atoms with Gasteiger partial charge < -0.3 is 9.57 Å². The maximum Gasteiger partial charge on any atom is 0.328 e. The topological polar surface area (TPSA) is 123 Å². The molecule has 1 saturated heterocycles. The number of esters is 1. The number of rotatable bonds is 6. The zero-order valence-corrected chi connectivity index (χ0v) is 20.3. The van der Waals surface area contributed by atoms with Gasteiger partial charge >= 0.3 is 12.0 Å². The van der Waals surface area contributed by atoms with Gasteiger partial charge in [-0.2, -0.15) is 0 Å². The fraction of sp³-hybridized carbons (Fsp3) is 0.250. The van der Waals surface area contributed by atoms with Crippen molar-refractivity contribution in [1.82, 2.24) is 10.6 Å². The van der Waals surface area contributed by atoms with E-state index in [1.54, 1.807) is 13.8 Å². The van der Waals surface area contributed by atoms with E-state index >= 15 is 0 Å². The quantitative estimate of drug-likeness (QED) is 0.395. The van der Waals surface area contributed by atoms with Gasteiger partial charge in [0.2, 0.25) is 11.8 Å². The Hall–Kier alpha value is -4.53. The van der Waals surface area contributed by atoms with Crippen molar-refractivity contribution < 1.29 is 28.8 Å². The van der Waals surface area contributed by atoms with Gasteiger partial charge in [0.25, 0.3) is 0 Å². The molecule has 3 aromatic carbocycles. The number of imide groups is 2. The lowest BCUT2D eigenvalue weighted by Crippen LogP contribution is -2.66. The van der Waals surface area contributed by atoms with Crippen LogP contribution >= 0.6 is 0 Å². The molecule has 37 heavy (non-hydrogen) atoms. The van der Waals surface area contributed by atoms with Gasteiger partial charge in [0.05, 0.1) is 0 Å². The molecule has 2 N–H and O–H groups in total. The molecule has 188 valence electrons. The molecule has 0 unspecified atom stereocenters. The van der Waals surface area contributed by atoms with Crippen LogP contribution in [0.15, 0.2) is 78.0 Å². The summed E-state index contributed by atoms with van der Waals surface area (Å²) in [5.74, 6) is -3.84. The van der Waals surface area contributed by atoms with Crippen LogP contribution in [0.5, 0.6) is 0 Å². The molecule has 0 radical (unpaired) electrons. The molecular formula is C28H25N3O6. The number of barbiturate groups is 1. The highest BCUT2D eigenvalue weighted by Gasteiger charge is 2.54. The van der Waals surface area contributed by atoms with Gasteiger partial charge in [-0.1, -0.05) is 85.7 Å². The highest BCUT2D eigenvalue weighted by molar-refractivity contribution is 6.20. The van der Waals surface area contributed by atoms with Crippen molar-refractivity contribution >= 4 is 40.3 Å². The minimum absolute atomic E-state index is 0.385. The van der Waals surface area contributed by atoms with Crippen LogP contribution in [0.3, 0.4) is 0 Å². The molecule has 0 spiro atoms. The molecule has 2 aliphatic heterocycles. The number of ether oxygens (including phenoxy) is 1. The number of carbonyl (C=O) groups is 4. The fourth-order valence-electron chi connectivity index (χ4n) is 4.75. The number of urea groups is 1. The number of nitrogens with zero attached hydrogens (tertiary/aromatic N) is 1. The van der Waals surface area contributed by atoms with Crippen molar-refractivity contribution in [3.63, 3.8) is 0 Å². The molecule has 2 aliphatic rings. The predicted molar refractivity (Wildman–Crippen MR) is 134 cm³/mol. The van der Waals surface area contributed by atoms with Crippen molar-refractivity contribution in [2.24, 2.45) is 22.4 Å². The van der Waals surface area contributed by atoms with Gasteiger partial charge in [-0.05, 0) is 28.3 Å². The van der Waals surface area contributed by atoms with E-state index in [9.17, 15) is 19.2 Å². The molecule has 2 atom stereocenters. The Labute approximate surface area is 212 Å². The van der Waals surface area contributed by atoms with Crippen molar-refractivity contribution in [3.05, 3.63) is 83.9 Å². The Kier molecular flexibility index (Phi) is 6.20. The minimum Gasteiger partial charge on any atom is -0.463 e. The van der Waals surface area contributed by atoms with E-state index in [4.69, 9.17) is 9.57 Å². The summed E-state index contributed by atoms with van der Waals surface area (Å²) in [5.41, 5.74) is 0.0413. The molecule has 9 nitrogen and oxygen atoms in total. The van der Waals surface area contributed by atoms with Gasteiger partial charge in [0.15, 0.2) is 11.5 Å². The van der Waals surface area contributed by atoms with E-state index < -0.39 is 53.8 Å². The number of benzene rings is 3. The van der Waals surface area contributed by atoms with E-state index in [-0.39, 0.29) is 0 Å². The van der Waals surface area contributed by atoms with Crippen LogP contribution in [0, 0.1) is 17.3 Å². The second kappa shape index (κ2) is 9.50. The normalized spacial score (nSPS) is 20.7. The molecule has 1 fully saturated rings. The highest BCUT2D eigenvalue weighted by atomic mass is 16.6. The lowest BCUT2D eigenvalue weighted by Gasteiger charge is -2.36. The summed E-state index contributed by atoms with van der Waals surface area (Å²) in [5, 5.41) is 10.5. The van der Waals surface area contributed by atoms with Gasteiger partial charge in [-0.15, -0.1) is 0 Å². The molecule has 2 heterocycles. The van der Waals surface area contributed by atoms with Crippen molar-refractivity contribution in [3.8, 4) is 0 Å². The first-order valence-electron chi connectivity index (χ1n) is 11.9. The number of carbonyl (C=O) groups excluding carboxylic acids is 4. The summed E-state index contributed by atoms with van der Waals surface area (Å²) in [6.07, 6.45) is -0.763. The van der Waals surface area contributed by atoms with Crippen LogP contribution < -0.4 is 10.6 Å². The third-order valence-corrected chi connectivity index (χ3v) is 6.98. The molecule has 4 amide bonds. The molecule has 0 saturated carbocycles. The predicted octanol–water partition coefficient (Wildman–Crippen LogP) is 3.48. The minimum atomic E-state index is -1.76. The van der Waals surface area contributed by atoms with Crippen LogP contribution in [-0.4, -0.2) is 36.1 Å². The summed E-state index contributed by atoms with van der Waals surface area (Å²) in [6.45, 7) is 2.75. The van der Waals surface area contributed by atoms with Crippen molar-refractivity contribution in [1.29, 1.82) is 0 Å². The second-order valence-corrected chi connectivity index (χ2v) is 9.42. The number of nitrogens with one attached hydrogen (secondary N) is 2. The summed E-state index contributed by atoms with van der Waals surface area (Å²) >= 11 is 0. The Bertz CT molecular complexity index is 1410. The molecule has 0 aromatic heterocycles.